The first-order valence-electron chi connectivity index (χ1n) is 9.63. The monoisotopic (exact) mass is 403 g/mol. The highest BCUT2D eigenvalue weighted by Gasteiger charge is 2.22. The molecule has 0 atom stereocenters. The Morgan fingerprint density at radius 2 is 1.62 bits per heavy atom. The van der Waals surface area contributed by atoms with Crippen LogP contribution in [0.4, 0.5) is 5.69 Å². The number of carbonyl (C=O) groups excluding carboxylic acids is 1. The fraction of sp³-hybridized carbons (Fsp3) is 0.167. The summed E-state index contributed by atoms with van der Waals surface area (Å²) < 4.78 is 1.99. The molecular formula is C24H22ClN3O. The molecule has 0 saturated carbocycles. The molecule has 1 heterocycles. The summed E-state index contributed by atoms with van der Waals surface area (Å²) in [6.07, 6.45) is 0. The van der Waals surface area contributed by atoms with Gasteiger partial charge in [-0.15, -0.1) is 0 Å². The number of hydrogen-bond donors (Lipinski definition) is 0. The molecule has 0 bridgehead atoms. The van der Waals surface area contributed by atoms with E-state index in [-0.39, 0.29) is 18.5 Å². The first kappa shape index (κ1) is 19.2. The van der Waals surface area contributed by atoms with Gasteiger partial charge in [0.25, 0.3) is 0 Å². The molecule has 0 saturated heterocycles. The molecule has 0 spiro atoms. The van der Waals surface area contributed by atoms with Crippen LogP contribution in [0.3, 0.4) is 0 Å². The molecule has 0 N–H and O–H groups in total. The molecule has 29 heavy (non-hydrogen) atoms. The van der Waals surface area contributed by atoms with E-state index >= 15 is 0 Å². The molecule has 0 fully saturated rings. The van der Waals surface area contributed by atoms with Crippen molar-refractivity contribution < 1.29 is 4.79 Å². The van der Waals surface area contributed by atoms with Gasteiger partial charge in [0.1, 0.15) is 12.4 Å². The molecule has 0 unspecified atom stereocenters. The molecule has 4 nitrogen and oxygen atoms in total. The number of aromatic nitrogens is 2. The van der Waals surface area contributed by atoms with Gasteiger partial charge in [-0.1, -0.05) is 41.9 Å². The third-order valence-corrected chi connectivity index (χ3v) is 5.12. The van der Waals surface area contributed by atoms with Crippen molar-refractivity contribution in [2.75, 3.05) is 4.90 Å². The van der Waals surface area contributed by atoms with Gasteiger partial charge < -0.3 is 9.47 Å². The Morgan fingerprint density at radius 1 is 0.966 bits per heavy atom. The molecule has 3 aromatic carbocycles. The summed E-state index contributed by atoms with van der Waals surface area (Å²) >= 11 is 6.06. The van der Waals surface area contributed by atoms with Crippen molar-refractivity contribution in [2.45, 2.75) is 26.4 Å². The minimum Gasteiger partial charge on any atom is -0.314 e. The van der Waals surface area contributed by atoms with E-state index in [1.807, 2.05) is 102 Å². The van der Waals surface area contributed by atoms with Crippen LogP contribution in [0.2, 0.25) is 5.02 Å². The zero-order valence-corrected chi connectivity index (χ0v) is 17.2. The van der Waals surface area contributed by atoms with E-state index < -0.39 is 0 Å². The average Bonchev–Trinajstić information content (AvgIpc) is 3.08. The summed E-state index contributed by atoms with van der Waals surface area (Å²) in [5.74, 6) is 0.776. The third-order valence-electron chi connectivity index (χ3n) is 4.87. The topological polar surface area (TPSA) is 38.1 Å². The molecule has 1 amide bonds. The second kappa shape index (κ2) is 8.10. The lowest BCUT2D eigenvalue weighted by molar-refractivity contribution is -0.119. The van der Waals surface area contributed by atoms with Crippen molar-refractivity contribution in [2.24, 2.45) is 0 Å². The van der Waals surface area contributed by atoms with Crippen LogP contribution in [0.15, 0.2) is 78.9 Å². The van der Waals surface area contributed by atoms with Crippen molar-refractivity contribution in [1.82, 2.24) is 9.55 Å². The van der Waals surface area contributed by atoms with E-state index in [1.54, 1.807) is 0 Å². The van der Waals surface area contributed by atoms with Gasteiger partial charge in [-0.3, -0.25) is 4.79 Å². The van der Waals surface area contributed by atoms with Gasteiger partial charge in [0.15, 0.2) is 0 Å². The highest BCUT2D eigenvalue weighted by Crippen LogP contribution is 2.27. The molecule has 146 valence electrons. The molecule has 4 rings (SSSR count). The average molecular weight is 404 g/mol. The number of carbonyl (C=O) groups is 1. The Morgan fingerprint density at radius 3 is 2.31 bits per heavy atom. The van der Waals surface area contributed by atoms with Gasteiger partial charge >= 0.3 is 0 Å². The maximum atomic E-state index is 13.4. The normalized spacial score (nSPS) is 11.2. The number of para-hydroxylation sites is 3. The van der Waals surface area contributed by atoms with E-state index in [4.69, 9.17) is 16.6 Å². The van der Waals surface area contributed by atoms with Gasteiger partial charge in [0.05, 0.1) is 11.0 Å². The van der Waals surface area contributed by atoms with Crippen LogP contribution >= 0.6 is 11.6 Å². The zero-order chi connectivity index (χ0) is 20.4. The zero-order valence-electron chi connectivity index (χ0n) is 16.4. The van der Waals surface area contributed by atoms with Crippen molar-refractivity contribution in [1.29, 1.82) is 0 Å². The van der Waals surface area contributed by atoms with Crippen LogP contribution in [0.5, 0.6) is 0 Å². The number of anilines is 1. The van der Waals surface area contributed by atoms with Crippen molar-refractivity contribution in [3.05, 3.63) is 83.9 Å². The smallest absolute Gasteiger partial charge is 0.247 e. The van der Waals surface area contributed by atoms with Gasteiger partial charge in [-0.2, -0.15) is 0 Å². The molecule has 0 aliphatic rings. The molecule has 0 aliphatic carbocycles. The Bertz CT molecular complexity index is 1130. The summed E-state index contributed by atoms with van der Waals surface area (Å²) in [7, 11) is 0. The lowest BCUT2D eigenvalue weighted by atomic mass is 10.2. The van der Waals surface area contributed by atoms with E-state index in [2.05, 4.69) is 0 Å². The van der Waals surface area contributed by atoms with Crippen LogP contribution in [0.25, 0.3) is 22.4 Å². The van der Waals surface area contributed by atoms with E-state index in [0.717, 1.165) is 28.1 Å². The first-order valence-corrected chi connectivity index (χ1v) is 10.0. The number of imidazole rings is 1. The second-order valence-corrected chi connectivity index (χ2v) is 7.65. The molecule has 1 aromatic heterocycles. The summed E-state index contributed by atoms with van der Waals surface area (Å²) in [5.41, 5.74) is 3.61. The SMILES string of the molecule is CC(C)N(C(=O)Cn1c(-c2ccc(Cl)cc2)nc2ccccc21)c1ccccc1. The maximum absolute atomic E-state index is 13.4. The van der Waals surface area contributed by atoms with Gasteiger partial charge in [-0.25, -0.2) is 4.98 Å². The van der Waals surface area contributed by atoms with Crippen molar-refractivity contribution >= 4 is 34.2 Å². The fourth-order valence-electron chi connectivity index (χ4n) is 3.59. The number of amides is 1. The number of benzene rings is 3. The number of rotatable bonds is 5. The third kappa shape index (κ3) is 3.89. The lowest BCUT2D eigenvalue weighted by Crippen LogP contribution is -2.39. The Balaban J connectivity index is 1.77. The van der Waals surface area contributed by atoms with Crippen LogP contribution < -0.4 is 4.90 Å². The van der Waals surface area contributed by atoms with Gasteiger partial charge in [0, 0.05) is 22.3 Å². The molecule has 0 aliphatic heterocycles. The predicted molar refractivity (Wildman–Crippen MR) is 119 cm³/mol. The Labute approximate surface area is 175 Å². The second-order valence-electron chi connectivity index (χ2n) is 7.21. The molecule has 4 aromatic rings. The van der Waals surface area contributed by atoms with Crippen LogP contribution in [-0.2, 0) is 11.3 Å². The van der Waals surface area contributed by atoms with Crippen LogP contribution in [0.1, 0.15) is 13.8 Å². The van der Waals surface area contributed by atoms with Crippen LogP contribution in [-0.4, -0.2) is 21.5 Å². The molecule has 5 heteroatoms. The summed E-state index contributed by atoms with van der Waals surface area (Å²) in [4.78, 5) is 20.0. The number of hydrogen-bond acceptors (Lipinski definition) is 2. The summed E-state index contributed by atoms with van der Waals surface area (Å²) in [5, 5.41) is 0.669. The summed E-state index contributed by atoms with van der Waals surface area (Å²) in [6.45, 7) is 4.25. The number of fused-ring (bicyclic) bond motifs is 1. The lowest BCUT2D eigenvalue weighted by Gasteiger charge is -2.27. The summed E-state index contributed by atoms with van der Waals surface area (Å²) in [6, 6.07) is 25.2. The highest BCUT2D eigenvalue weighted by molar-refractivity contribution is 6.30. The highest BCUT2D eigenvalue weighted by atomic mass is 35.5. The van der Waals surface area contributed by atoms with Crippen molar-refractivity contribution in [3.8, 4) is 11.4 Å². The van der Waals surface area contributed by atoms with E-state index in [0.29, 0.717) is 5.02 Å². The van der Waals surface area contributed by atoms with Crippen molar-refractivity contribution in [3.63, 3.8) is 0 Å². The predicted octanol–water partition coefficient (Wildman–Crippen LogP) is 5.80. The first-order chi connectivity index (χ1) is 14.0. The maximum Gasteiger partial charge on any atom is 0.247 e. The molecule has 0 radical (unpaired) electrons. The van der Waals surface area contributed by atoms with E-state index in [9.17, 15) is 4.79 Å². The van der Waals surface area contributed by atoms with E-state index in [1.165, 1.54) is 0 Å². The minimum atomic E-state index is 0.0181. The van der Waals surface area contributed by atoms with Gasteiger partial charge in [0.2, 0.25) is 5.91 Å². The Kier molecular flexibility index (Phi) is 5.36. The minimum absolute atomic E-state index is 0.0181. The molecular weight excluding hydrogens is 382 g/mol. The largest absolute Gasteiger partial charge is 0.314 e. The fourth-order valence-corrected chi connectivity index (χ4v) is 3.71. The standard InChI is InChI=1S/C24H22ClN3O/c1-17(2)28(20-8-4-3-5-9-20)23(29)16-27-22-11-7-6-10-21(22)26-24(27)18-12-14-19(25)15-13-18/h3-15,17H,16H2,1-2H3. The van der Waals surface area contributed by atoms with Gasteiger partial charge in [-0.05, 0) is 62.4 Å². The van der Waals surface area contributed by atoms with Crippen LogP contribution in [0, 0.1) is 0 Å². The quantitative estimate of drug-likeness (QED) is 0.422. The number of halogens is 1. The Hall–Kier alpha value is -3.11. The number of nitrogens with zero attached hydrogens (tertiary/aromatic N) is 3.